The van der Waals surface area contributed by atoms with Crippen LogP contribution in [-0.4, -0.2) is 28.2 Å². The Balaban J connectivity index is 2.50. The zero-order valence-corrected chi connectivity index (χ0v) is 8.77. The first kappa shape index (κ1) is 11.5. The zero-order valence-electron chi connectivity index (χ0n) is 8.77. The van der Waals surface area contributed by atoms with Crippen LogP contribution in [0.2, 0.25) is 0 Å². The van der Waals surface area contributed by atoms with Crippen LogP contribution in [0.25, 0.3) is 0 Å². The van der Waals surface area contributed by atoms with Crippen molar-refractivity contribution in [2.24, 2.45) is 5.92 Å². The second kappa shape index (κ2) is 5.35. The zero-order chi connectivity index (χ0) is 11.3. The number of anilines is 3. The summed E-state index contributed by atoms with van der Waals surface area (Å²) in [6.07, 6.45) is 0.753. The Morgan fingerprint density at radius 2 is 2.20 bits per heavy atom. The van der Waals surface area contributed by atoms with Crippen molar-refractivity contribution >= 4 is 17.6 Å². The average Bonchev–Trinajstić information content (AvgIpc) is 2.14. The van der Waals surface area contributed by atoms with Gasteiger partial charge in [-0.1, -0.05) is 6.92 Å². The van der Waals surface area contributed by atoms with Crippen LogP contribution in [0.4, 0.5) is 17.6 Å². The Hall–Kier alpha value is -1.56. The Morgan fingerprint density at radius 1 is 1.47 bits per heavy atom. The highest BCUT2D eigenvalue weighted by atomic mass is 16.3. The molecule has 0 radical (unpaired) electrons. The molecule has 0 saturated heterocycles. The fraction of sp³-hybridized carbons (Fsp3) is 0.556. The molecule has 6 N–H and O–H groups in total. The Kier molecular flexibility index (Phi) is 4.11. The van der Waals surface area contributed by atoms with Crippen LogP contribution in [0.1, 0.15) is 13.3 Å². The predicted octanol–water partition coefficient (Wildman–Crippen LogP) is 0.0714. The van der Waals surface area contributed by atoms with E-state index in [9.17, 15) is 0 Å². The minimum absolute atomic E-state index is 0.160. The number of aromatic nitrogens is 2. The van der Waals surface area contributed by atoms with Crippen molar-refractivity contribution in [3.05, 3.63) is 6.07 Å². The highest BCUT2D eigenvalue weighted by Crippen LogP contribution is 2.10. The molecule has 0 aromatic carbocycles. The molecule has 0 bridgehead atoms. The second-order valence-corrected chi connectivity index (χ2v) is 3.53. The second-order valence-electron chi connectivity index (χ2n) is 3.53. The first-order chi connectivity index (χ1) is 7.11. The molecule has 1 unspecified atom stereocenters. The molecule has 1 heterocycles. The summed E-state index contributed by atoms with van der Waals surface area (Å²) in [6, 6.07) is 1.63. The third-order valence-corrected chi connectivity index (χ3v) is 2.02. The van der Waals surface area contributed by atoms with E-state index in [1.165, 1.54) is 0 Å². The molecule has 6 nitrogen and oxygen atoms in total. The van der Waals surface area contributed by atoms with Crippen LogP contribution in [0.3, 0.4) is 0 Å². The van der Waals surface area contributed by atoms with Crippen molar-refractivity contribution < 1.29 is 5.11 Å². The van der Waals surface area contributed by atoms with Gasteiger partial charge in [-0.05, 0) is 12.3 Å². The maximum Gasteiger partial charge on any atom is 0.223 e. The number of nitrogens with one attached hydrogen (secondary N) is 1. The van der Waals surface area contributed by atoms with Crippen molar-refractivity contribution in [3.63, 3.8) is 0 Å². The summed E-state index contributed by atoms with van der Waals surface area (Å²) in [5.74, 6) is 1.49. The molecule has 0 aliphatic rings. The van der Waals surface area contributed by atoms with Gasteiger partial charge in [0.2, 0.25) is 5.95 Å². The van der Waals surface area contributed by atoms with Crippen LogP contribution < -0.4 is 16.8 Å². The van der Waals surface area contributed by atoms with E-state index >= 15 is 0 Å². The van der Waals surface area contributed by atoms with E-state index < -0.39 is 0 Å². The minimum Gasteiger partial charge on any atom is -0.396 e. The van der Waals surface area contributed by atoms with Crippen molar-refractivity contribution in [3.8, 4) is 0 Å². The van der Waals surface area contributed by atoms with Gasteiger partial charge in [0.15, 0.2) is 0 Å². The quantitative estimate of drug-likeness (QED) is 0.548. The first-order valence-electron chi connectivity index (χ1n) is 4.86. The standard InChI is InChI=1S/C9H17N5O/c1-6(2-3-15)5-12-8-4-7(10)13-9(11)14-8/h4,6,15H,2-3,5H2,1H3,(H5,10,11,12,13,14). The number of hydrogen-bond acceptors (Lipinski definition) is 6. The SMILES string of the molecule is CC(CCO)CNc1cc(N)nc(N)n1. The lowest BCUT2D eigenvalue weighted by Crippen LogP contribution is -2.14. The lowest BCUT2D eigenvalue weighted by Gasteiger charge is -2.11. The molecule has 15 heavy (non-hydrogen) atoms. The van der Waals surface area contributed by atoms with Gasteiger partial charge < -0.3 is 21.9 Å². The monoisotopic (exact) mass is 211 g/mol. The van der Waals surface area contributed by atoms with Gasteiger partial charge in [0.1, 0.15) is 11.6 Å². The van der Waals surface area contributed by atoms with E-state index in [2.05, 4.69) is 15.3 Å². The van der Waals surface area contributed by atoms with Crippen LogP contribution in [0, 0.1) is 5.92 Å². The fourth-order valence-corrected chi connectivity index (χ4v) is 1.18. The number of aliphatic hydroxyl groups is 1. The lowest BCUT2D eigenvalue weighted by atomic mass is 10.1. The van der Waals surface area contributed by atoms with Gasteiger partial charge in [0.05, 0.1) is 0 Å². The van der Waals surface area contributed by atoms with Crippen molar-refractivity contribution in [1.29, 1.82) is 0 Å². The van der Waals surface area contributed by atoms with Gasteiger partial charge in [0, 0.05) is 19.2 Å². The molecule has 0 saturated carbocycles. The Bertz CT molecular complexity index is 297. The molecule has 0 amide bonds. The maximum atomic E-state index is 8.73. The largest absolute Gasteiger partial charge is 0.396 e. The molecular formula is C9H17N5O. The normalized spacial score (nSPS) is 12.4. The highest BCUT2D eigenvalue weighted by molar-refractivity contribution is 5.48. The van der Waals surface area contributed by atoms with Gasteiger partial charge in [0.25, 0.3) is 0 Å². The maximum absolute atomic E-state index is 8.73. The van der Waals surface area contributed by atoms with Crippen LogP contribution in [-0.2, 0) is 0 Å². The van der Waals surface area contributed by atoms with Gasteiger partial charge in [-0.15, -0.1) is 0 Å². The molecule has 0 aliphatic carbocycles. The fourth-order valence-electron chi connectivity index (χ4n) is 1.18. The average molecular weight is 211 g/mol. The molecule has 0 aliphatic heterocycles. The van der Waals surface area contributed by atoms with Crippen molar-refractivity contribution in [2.75, 3.05) is 29.9 Å². The first-order valence-corrected chi connectivity index (χ1v) is 4.86. The predicted molar refractivity (Wildman–Crippen MR) is 60.2 cm³/mol. The summed E-state index contributed by atoms with van der Waals surface area (Å²) in [4.78, 5) is 7.74. The van der Waals surface area contributed by atoms with Crippen molar-refractivity contribution in [2.45, 2.75) is 13.3 Å². The number of nitrogens with zero attached hydrogens (tertiary/aromatic N) is 2. The van der Waals surface area contributed by atoms with E-state index in [1.807, 2.05) is 6.92 Å². The van der Waals surface area contributed by atoms with Crippen LogP contribution in [0.15, 0.2) is 6.07 Å². The highest BCUT2D eigenvalue weighted by Gasteiger charge is 2.03. The van der Waals surface area contributed by atoms with Crippen LogP contribution >= 0.6 is 0 Å². The molecule has 6 heteroatoms. The van der Waals surface area contributed by atoms with E-state index in [4.69, 9.17) is 16.6 Å². The third kappa shape index (κ3) is 3.99. The smallest absolute Gasteiger partial charge is 0.223 e. The topological polar surface area (TPSA) is 110 Å². The lowest BCUT2D eigenvalue weighted by molar-refractivity contribution is 0.266. The Labute approximate surface area is 88.7 Å². The molecule has 0 fully saturated rings. The summed E-state index contributed by atoms with van der Waals surface area (Å²) in [5, 5.41) is 11.8. The van der Waals surface area contributed by atoms with Crippen LogP contribution in [0.5, 0.6) is 0 Å². The molecule has 1 aromatic rings. The number of nitrogens with two attached hydrogens (primary N) is 2. The minimum atomic E-state index is 0.160. The number of hydrogen-bond donors (Lipinski definition) is 4. The van der Waals surface area contributed by atoms with Crippen molar-refractivity contribution in [1.82, 2.24) is 9.97 Å². The number of aliphatic hydroxyl groups excluding tert-OH is 1. The molecular weight excluding hydrogens is 194 g/mol. The number of nitrogen functional groups attached to an aromatic ring is 2. The van der Waals surface area contributed by atoms with Gasteiger partial charge in [-0.2, -0.15) is 9.97 Å². The molecule has 1 aromatic heterocycles. The van der Waals surface area contributed by atoms with E-state index in [-0.39, 0.29) is 12.6 Å². The summed E-state index contributed by atoms with van der Waals surface area (Å²) in [7, 11) is 0. The van der Waals surface area contributed by atoms with Gasteiger partial charge in [-0.3, -0.25) is 0 Å². The summed E-state index contributed by atoms with van der Waals surface area (Å²) in [5.41, 5.74) is 11.0. The van der Waals surface area contributed by atoms with Gasteiger partial charge in [-0.25, -0.2) is 0 Å². The van der Waals surface area contributed by atoms with E-state index in [0.717, 1.165) is 13.0 Å². The molecule has 84 valence electrons. The van der Waals surface area contributed by atoms with E-state index in [0.29, 0.717) is 17.6 Å². The summed E-state index contributed by atoms with van der Waals surface area (Å²) in [6.45, 7) is 2.95. The third-order valence-electron chi connectivity index (χ3n) is 2.02. The number of rotatable bonds is 5. The molecule has 1 rings (SSSR count). The molecule has 0 spiro atoms. The molecule has 1 atom stereocenters. The van der Waals surface area contributed by atoms with Gasteiger partial charge >= 0.3 is 0 Å². The van der Waals surface area contributed by atoms with E-state index in [1.54, 1.807) is 6.07 Å². The Morgan fingerprint density at radius 3 is 2.80 bits per heavy atom. The summed E-state index contributed by atoms with van der Waals surface area (Å²) >= 11 is 0. The summed E-state index contributed by atoms with van der Waals surface area (Å²) < 4.78 is 0.